The Labute approximate surface area is 200 Å². The van der Waals surface area contributed by atoms with E-state index in [1.54, 1.807) is 19.3 Å². The number of guanidine groups is 1. The first-order chi connectivity index (χ1) is 16.5. The molecule has 0 bridgehead atoms. The average molecular weight is 468 g/mol. The van der Waals surface area contributed by atoms with Gasteiger partial charge in [0.05, 0.1) is 6.61 Å². The molecule has 1 fully saturated rings. The largest absolute Gasteiger partial charge is 0.508 e. The van der Waals surface area contributed by atoms with Gasteiger partial charge in [-0.15, -0.1) is 0 Å². The molecule has 1 aromatic carbocycles. The van der Waals surface area contributed by atoms with Crippen LogP contribution < -0.4 is 15.4 Å². The van der Waals surface area contributed by atoms with Gasteiger partial charge in [-0.2, -0.15) is 0 Å². The van der Waals surface area contributed by atoms with Crippen LogP contribution in [-0.4, -0.2) is 60.4 Å². The van der Waals surface area contributed by atoms with E-state index < -0.39 is 11.8 Å². The van der Waals surface area contributed by atoms with Crippen LogP contribution in [0.1, 0.15) is 37.3 Å². The highest BCUT2D eigenvalue weighted by molar-refractivity contribution is 5.74. The zero-order chi connectivity index (χ0) is 24.0. The zero-order valence-corrected chi connectivity index (χ0v) is 19.7. The maximum Gasteiger partial charge on any atom is 0.508 e. The number of rotatable bonds is 6. The lowest BCUT2D eigenvalue weighted by molar-refractivity contribution is -0.0692. The van der Waals surface area contributed by atoms with Gasteiger partial charge in [-0.05, 0) is 55.2 Å². The summed E-state index contributed by atoms with van der Waals surface area (Å²) in [6.45, 7) is 5.07. The van der Waals surface area contributed by atoms with Crippen molar-refractivity contribution in [1.29, 1.82) is 5.41 Å². The second-order valence-corrected chi connectivity index (χ2v) is 8.79. The number of carbonyl (C=O) groups is 1. The van der Waals surface area contributed by atoms with E-state index in [0.29, 0.717) is 25.1 Å². The molecule has 9 nitrogen and oxygen atoms in total. The van der Waals surface area contributed by atoms with Crippen LogP contribution in [0.3, 0.4) is 0 Å². The fraction of sp³-hybridized carbons (Fsp3) is 0.480. The smallest absolute Gasteiger partial charge is 0.489 e. The summed E-state index contributed by atoms with van der Waals surface area (Å²) in [6.07, 6.45) is 6.04. The summed E-state index contributed by atoms with van der Waals surface area (Å²) in [4.78, 5) is 20.5. The number of hydrogen-bond donors (Lipinski definition) is 2. The second kappa shape index (κ2) is 10.6. The van der Waals surface area contributed by atoms with Crippen molar-refractivity contribution < 1.29 is 19.0 Å². The van der Waals surface area contributed by atoms with Gasteiger partial charge in [0.2, 0.25) is 0 Å². The Morgan fingerprint density at radius 1 is 1.15 bits per heavy atom. The van der Waals surface area contributed by atoms with Crippen molar-refractivity contribution in [1.82, 2.24) is 9.88 Å². The minimum atomic E-state index is -0.770. The third-order valence-electron chi connectivity index (χ3n) is 6.52. The highest BCUT2D eigenvalue weighted by Gasteiger charge is 2.40. The maximum absolute atomic E-state index is 12.2. The predicted octanol–water partition coefficient (Wildman–Crippen LogP) is 3.31. The number of hydrogen-bond acceptors (Lipinski definition) is 7. The van der Waals surface area contributed by atoms with E-state index in [4.69, 9.17) is 25.4 Å². The number of pyridine rings is 1. The highest BCUT2D eigenvalue weighted by Crippen LogP contribution is 2.32. The monoisotopic (exact) mass is 467 g/mol. The van der Waals surface area contributed by atoms with Crippen LogP contribution >= 0.6 is 0 Å². The predicted molar refractivity (Wildman–Crippen MR) is 129 cm³/mol. The van der Waals surface area contributed by atoms with Gasteiger partial charge in [0.15, 0.2) is 11.6 Å². The standard InChI is InChI=1S/C25H33N5O4/c1-2-32-24(31)34-25(9-14-29(15-10-25)21-7-11-28-12-8-21)18-33-22-6-5-19-4-3-13-30(23(26)27)17-20(19)16-22/h5-8,11-12,16H,2-4,9-10,13-15,17-18H2,1H3,(H3,26,27). The second-order valence-electron chi connectivity index (χ2n) is 8.79. The molecule has 2 aromatic rings. The van der Waals surface area contributed by atoms with Gasteiger partial charge < -0.3 is 29.7 Å². The lowest BCUT2D eigenvalue weighted by Crippen LogP contribution is -2.50. The van der Waals surface area contributed by atoms with Crippen molar-refractivity contribution in [2.75, 3.05) is 37.7 Å². The first-order valence-corrected chi connectivity index (χ1v) is 11.8. The van der Waals surface area contributed by atoms with Crippen LogP contribution in [0.5, 0.6) is 5.75 Å². The van der Waals surface area contributed by atoms with Crippen LogP contribution in [0.15, 0.2) is 42.7 Å². The van der Waals surface area contributed by atoms with E-state index in [0.717, 1.165) is 43.7 Å². The topological polar surface area (TPSA) is 114 Å². The number of nitrogens with zero attached hydrogens (tertiary/aromatic N) is 3. The van der Waals surface area contributed by atoms with Gasteiger partial charge in [0.25, 0.3) is 0 Å². The first kappa shape index (κ1) is 23.7. The summed E-state index contributed by atoms with van der Waals surface area (Å²) in [5.41, 5.74) is 8.43. The first-order valence-electron chi connectivity index (χ1n) is 11.8. The Kier molecular flexibility index (Phi) is 7.40. The van der Waals surface area contributed by atoms with E-state index in [9.17, 15) is 4.79 Å². The minimum absolute atomic E-state index is 0.0851. The van der Waals surface area contributed by atoms with E-state index >= 15 is 0 Å². The molecule has 34 heavy (non-hydrogen) atoms. The van der Waals surface area contributed by atoms with E-state index in [2.05, 4.69) is 16.0 Å². The lowest BCUT2D eigenvalue weighted by atomic mass is 9.91. The molecular weight excluding hydrogens is 434 g/mol. The average Bonchev–Trinajstić information content (AvgIpc) is 3.06. The summed E-state index contributed by atoms with van der Waals surface area (Å²) in [7, 11) is 0. The number of ether oxygens (including phenoxy) is 3. The van der Waals surface area contributed by atoms with Gasteiger partial charge in [0.1, 0.15) is 12.4 Å². The van der Waals surface area contributed by atoms with Crippen molar-refractivity contribution in [3.8, 4) is 5.75 Å². The SMILES string of the molecule is CCOC(=O)OC1(COc2ccc3c(c2)CN(C(=N)N)CCC3)CCN(c2ccncc2)CC1. The molecule has 0 atom stereocenters. The van der Waals surface area contributed by atoms with E-state index in [-0.39, 0.29) is 19.2 Å². The molecule has 3 N–H and O–H groups in total. The lowest BCUT2D eigenvalue weighted by Gasteiger charge is -2.41. The van der Waals surface area contributed by atoms with E-state index in [1.807, 2.05) is 29.2 Å². The Balaban J connectivity index is 1.46. The normalized spacial score (nSPS) is 17.3. The molecule has 182 valence electrons. The number of aryl methyl sites for hydroxylation is 1. The molecule has 3 heterocycles. The molecule has 0 radical (unpaired) electrons. The van der Waals surface area contributed by atoms with Gasteiger partial charge in [0, 0.05) is 57.1 Å². The van der Waals surface area contributed by atoms with Crippen LogP contribution in [0, 0.1) is 5.41 Å². The third kappa shape index (κ3) is 5.70. The summed E-state index contributed by atoms with van der Waals surface area (Å²) in [6, 6.07) is 10.0. The van der Waals surface area contributed by atoms with E-state index in [1.165, 1.54) is 5.56 Å². The van der Waals surface area contributed by atoms with Crippen molar-refractivity contribution in [2.24, 2.45) is 5.73 Å². The number of nitrogens with one attached hydrogen (secondary N) is 1. The third-order valence-corrected chi connectivity index (χ3v) is 6.52. The molecule has 0 aliphatic carbocycles. The summed E-state index contributed by atoms with van der Waals surface area (Å²) in [5, 5.41) is 7.80. The molecule has 9 heteroatoms. The number of piperidine rings is 1. The fourth-order valence-corrected chi connectivity index (χ4v) is 4.58. The van der Waals surface area contributed by atoms with Crippen molar-refractivity contribution in [3.63, 3.8) is 0 Å². The number of aromatic nitrogens is 1. The summed E-state index contributed by atoms with van der Waals surface area (Å²) < 4.78 is 17.1. The molecule has 2 aliphatic heterocycles. The Morgan fingerprint density at radius 3 is 2.62 bits per heavy atom. The Bertz CT molecular complexity index is 992. The summed E-state index contributed by atoms with van der Waals surface area (Å²) >= 11 is 0. The van der Waals surface area contributed by atoms with Crippen LogP contribution in [0.2, 0.25) is 0 Å². The van der Waals surface area contributed by atoms with Gasteiger partial charge in [-0.25, -0.2) is 4.79 Å². The highest BCUT2D eigenvalue weighted by atomic mass is 16.7. The fourth-order valence-electron chi connectivity index (χ4n) is 4.58. The minimum Gasteiger partial charge on any atom is -0.489 e. The molecule has 0 spiro atoms. The number of nitrogens with two attached hydrogens (primary N) is 1. The van der Waals surface area contributed by atoms with Crippen LogP contribution in [-0.2, 0) is 22.4 Å². The van der Waals surface area contributed by atoms with Gasteiger partial charge in [-0.1, -0.05) is 6.07 Å². The molecular formula is C25H33N5O4. The Hall–Kier alpha value is -3.49. The number of anilines is 1. The van der Waals surface area contributed by atoms with Crippen molar-refractivity contribution >= 4 is 17.8 Å². The molecule has 4 rings (SSSR count). The molecule has 2 aliphatic rings. The van der Waals surface area contributed by atoms with Crippen molar-refractivity contribution in [3.05, 3.63) is 53.9 Å². The molecule has 1 aromatic heterocycles. The maximum atomic E-state index is 12.2. The summed E-state index contributed by atoms with van der Waals surface area (Å²) in [5.74, 6) is 0.800. The van der Waals surface area contributed by atoms with Crippen LogP contribution in [0.25, 0.3) is 0 Å². The van der Waals surface area contributed by atoms with Gasteiger partial charge in [-0.3, -0.25) is 10.4 Å². The van der Waals surface area contributed by atoms with Crippen molar-refractivity contribution in [2.45, 2.75) is 44.8 Å². The zero-order valence-electron chi connectivity index (χ0n) is 19.7. The van der Waals surface area contributed by atoms with Gasteiger partial charge >= 0.3 is 6.16 Å². The molecule has 1 saturated heterocycles. The van der Waals surface area contributed by atoms with Crippen LogP contribution in [0.4, 0.5) is 10.5 Å². The quantitative estimate of drug-likeness (QED) is 0.378. The molecule has 0 amide bonds. The molecule has 0 unspecified atom stereocenters. The Morgan fingerprint density at radius 2 is 1.91 bits per heavy atom. The number of fused-ring (bicyclic) bond motifs is 1. The molecule has 0 saturated carbocycles. The number of benzene rings is 1. The number of carbonyl (C=O) groups excluding carboxylic acids is 1.